The van der Waals surface area contributed by atoms with E-state index < -0.39 is 9.84 Å². The number of rotatable bonds is 6. The normalized spacial score (nSPS) is 20.0. The molecular weight excluding hydrogens is 309 g/mol. The molecule has 1 saturated heterocycles. The zero-order valence-electron chi connectivity index (χ0n) is 12.5. The van der Waals surface area contributed by atoms with Crippen molar-refractivity contribution in [1.29, 1.82) is 0 Å². The highest BCUT2D eigenvalue weighted by atomic mass is 32.2. The summed E-state index contributed by atoms with van der Waals surface area (Å²) in [5, 5.41) is 0. The van der Waals surface area contributed by atoms with E-state index in [0.29, 0.717) is 25.1 Å². The van der Waals surface area contributed by atoms with E-state index in [1.165, 1.54) is 19.2 Å². The van der Waals surface area contributed by atoms with Crippen LogP contribution in [0.5, 0.6) is 0 Å². The van der Waals surface area contributed by atoms with Gasteiger partial charge in [0.15, 0.2) is 9.84 Å². The van der Waals surface area contributed by atoms with Crippen LogP contribution in [0.1, 0.15) is 12.0 Å². The molecule has 1 fully saturated rings. The number of amides is 1. The van der Waals surface area contributed by atoms with E-state index in [4.69, 9.17) is 4.74 Å². The lowest BCUT2D eigenvalue weighted by atomic mass is 10.1. The number of sulfone groups is 1. The first-order valence-corrected chi connectivity index (χ1v) is 8.97. The van der Waals surface area contributed by atoms with E-state index in [2.05, 4.69) is 0 Å². The molecule has 1 unspecified atom stereocenters. The largest absolute Gasteiger partial charge is 0.383 e. The van der Waals surface area contributed by atoms with Crippen molar-refractivity contribution in [2.45, 2.75) is 18.9 Å². The summed E-state index contributed by atoms with van der Waals surface area (Å²) in [4.78, 5) is 14.1. The highest BCUT2D eigenvalue weighted by molar-refractivity contribution is 7.91. The van der Waals surface area contributed by atoms with Crippen LogP contribution in [0, 0.1) is 5.82 Å². The maximum atomic E-state index is 12.9. The molecule has 7 heteroatoms. The zero-order chi connectivity index (χ0) is 16.2. The van der Waals surface area contributed by atoms with Crippen molar-refractivity contribution < 1.29 is 22.3 Å². The lowest BCUT2D eigenvalue weighted by Crippen LogP contribution is -2.43. The maximum absolute atomic E-state index is 12.9. The van der Waals surface area contributed by atoms with E-state index in [-0.39, 0.29) is 35.7 Å². The maximum Gasteiger partial charge on any atom is 0.227 e. The lowest BCUT2D eigenvalue weighted by Gasteiger charge is -2.28. The fraction of sp³-hybridized carbons (Fsp3) is 0.533. The summed E-state index contributed by atoms with van der Waals surface area (Å²) < 4.78 is 41.2. The van der Waals surface area contributed by atoms with Gasteiger partial charge in [0.25, 0.3) is 0 Å². The van der Waals surface area contributed by atoms with E-state index in [0.717, 1.165) is 0 Å². The summed E-state index contributed by atoms with van der Waals surface area (Å²) in [6.45, 7) is 0.711. The van der Waals surface area contributed by atoms with Crippen LogP contribution in [0.2, 0.25) is 0 Å². The van der Waals surface area contributed by atoms with Crippen LogP contribution in [-0.4, -0.2) is 57.0 Å². The van der Waals surface area contributed by atoms with Gasteiger partial charge in [0.05, 0.1) is 24.5 Å². The molecule has 1 aliphatic heterocycles. The molecule has 0 bridgehead atoms. The Morgan fingerprint density at radius 1 is 1.36 bits per heavy atom. The van der Waals surface area contributed by atoms with E-state index in [9.17, 15) is 17.6 Å². The molecule has 0 saturated carbocycles. The van der Waals surface area contributed by atoms with Gasteiger partial charge in [-0.25, -0.2) is 12.8 Å². The minimum Gasteiger partial charge on any atom is -0.383 e. The van der Waals surface area contributed by atoms with Crippen LogP contribution in [0.3, 0.4) is 0 Å². The summed E-state index contributed by atoms with van der Waals surface area (Å²) >= 11 is 0. The fourth-order valence-electron chi connectivity index (χ4n) is 2.60. The summed E-state index contributed by atoms with van der Waals surface area (Å²) in [6.07, 6.45) is 0.585. The number of carbonyl (C=O) groups is 1. The monoisotopic (exact) mass is 329 g/mol. The number of hydrogen-bond donors (Lipinski definition) is 0. The molecule has 5 nitrogen and oxygen atoms in total. The Bertz CT molecular complexity index is 615. The zero-order valence-corrected chi connectivity index (χ0v) is 13.3. The van der Waals surface area contributed by atoms with Gasteiger partial charge in [-0.1, -0.05) is 12.1 Å². The Hall–Kier alpha value is -1.47. The van der Waals surface area contributed by atoms with E-state index >= 15 is 0 Å². The average molecular weight is 329 g/mol. The van der Waals surface area contributed by atoms with Crippen molar-refractivity contribution >= 4 is 15.7 Å². The van der Waals surface area contributed by atoms with Crippen LogP contribution in [0.15, 0.2) is 24.3 Å². The number of benzene rings is 1. The Morgan fingerprint density at radius 3 is 2.59 bits per heavy atom. The molecule has 2 rings (SSSR count). The second-order valence-electron chi connectivity index (χ2n) is 5.44. The van der Waals surface area contributed by atoms with Gasteiger partial charge >= 0.3 is 0 Å². The number of carbonyl (C=O) groups excluding carboxylic acids is 1. The van der Waals surface area contributed by atoms with Gasteiger partial charge in [0.2, 0.25) is 5.91 Å². The van der Waals surface area contributed by atoms with Crippen molar-refractivity contribution in [2.24, 2.45) is 0 Å². The van der Waals surface area contributed by atoms with Crippen molar-refractivity contribution in [2.75, 3.05) is 31.8 Å². The van der Waals surface area contributed by atoms with Crippen molar-refractivity contribution in [3.8, 4) is 0 Å². The summed E-state index contributed by atoms with van der Waals surface area (Å²) in [6, 6.07) is 5.44. The molecule has 0 aliphatic carbocycles. The highest BCUT2D eigenvalue weighted by Crippen LogP contribution is 2.19. The number of nitrogens with zero attached hydrogens (tertiary/aromatic N) is 1. The van der Waals surface area contributed by atoms with Crippen molar-refractivity contribution in [3.63, 3.8) is 0 Å². The van der Waals surface area contributed by atoms with E-state index in [1.807, 2.05) is 0 Å². The minimum absolute atomic E-state index is 0.00583. The molecule has 0 spiro atoms. The van der Waals surface area contributed by atoms with Crippen molar-refractivity contribution in [1.82, 2.24) is 4.90 Å². The Kier molecular flexibility index (Phi) is 5.52. The van der Waals surface area contributed by atoms with Gasteiger partial charge in [0.1, 0.15) is 5.82 Å². The molecule has 0 radical (unpaired) electrons. The SMILES string of the molecule is COCCN(C(=O)Cc1ccc(F)cc1)C1CCS(=O)(=O)C1. The smallest absolute Gasteiger partial charge is 0.227 e. The quantitative estimate of drug-likeness (QED) is 0.782. The summed E-state index contributed by atoms with van der Waals surface area (Å²) in [5.74, 6) is -0.392. The molecule has 1 aliphatic rings. The van der Waals surface area contributed by atoms with Crippen LogP contribution in [-0.2, 0) is 25.8 Å². The lowest BCUT2D eigenvalue weighted by molar-refractivity contribution is -0.133. The first kappa shape index (κ1) is 16.9. The second kappa shape index (κ2) is 7.19. The van der Waals surface area contributed by atoms with Gasteiger partial charge in [-0.2, -0.15) is 0 Å². The van der Waals surface area contributed by atoms with E-state index in [1.54, 1.807) is 17.0 Å². The fourth-order valence-corrected chi connectivity index (χ4v) is 4.33. The second-order valence-corrected chi connectivity index (χ2v) is 7.67. The third-order valence-electron chi connectivity index (χ3n) is 3.77. The van der Waals surface area contributed by atoms with Gasteiger partial charge in [-0.15, -0.1) is 0 Å². The van der Waals surface area contributed by atoms with Crippen LogP contribution >= 0.6 is 0 Å². The topological polar surface area (TPSA) is 63.7 Å². The first-order valence-electron chi connectivity index (χ1n) is 7.14. The Labute approximate surface area is 130 Å². The molecule has 1 heterocycles. The molecule has 0 aromatic heterocycles. The Morgan fingerprint density at radius 2 is 2.05 bits per heavy atom. The molecule has 1 aromatic carbocycles. The standard InChI is InChI=1S/C15H20FNO4S/c1-21-8-7-17(14-6-9-22(19,20)11-14)15(18)10-12-2-4-13(16)5-3-12/h2-5,14H,6-11H2,1H3. The third kappa shape index (κ3) is 4.51. The highest BCUT2D eigenvalue weighted by Gasteiger charge is 2.34. The van der Waals surface area contributed by atoms with Gasteiger partial charge in [-0.05, 0) is 24.1 Å². The van der Waals surface area contributed by atoms with Gasteiger partial charge < -0.3 is 9.64 Å². The molecule has 122 valence electrons. The number of halogens is 1. The molecule has 1 atom stereocenters. The first-order chi connectivity index (χ1) is 10.4. The summed E-state index contributed by atoms with van der Waals surface area (Å²) in [5.41, 5.74) is 0.703. The molecule has 1 amide bonds. The van der Waals surface area contributed by atoms with Crippen molar-refractivity contribution in [3.05, 3.63) is 35.6 Å². The van der Waals surface area contributed by atoms with Crippen LogP contribution in [0.25, 0.3) is 0 Å². The number of hydrogen-bond acceptors (Lipinski definition) is 4. The van der Waals surface area contributed by atoms with Gasteiger partial charge in [0, 0.05) is 19.7 Å². The molecule has 0 N–H and O–H groups in total. The van der Waals surface area contributed by atoms with Crippen LogP contribution in [0.4, 0.5) is 4.39 Å². The average Bonchev–Trinajstić information content (AvgIpc) is 2.82. The third-order valence-corrected chi connectivity index (χ3v) is 5.52. The molecule has 22 heavy (non-hydrogen) atoms. The minimum atomic E-state index is -3.06. The summed E-state index contributed by atoms with van der Waals surface area (Å²) in [7, 11) is -1.53. The Balaban J connectivity index is 2.07. The molecular formula is C15H20FNO4S. The molecule has 1 aromatic rings. The number of ether oxygens (including phenoxy) is 1. The predicted octanol–water partition coefficient (Wildman–Crippen LogP) is 1.03. The van der Waals surface area contributed by atoms with Gasteiger partial charge in [-0.3, -0.25) is 4.79 Å². The van der Waals surface area contributed by atoms with Crippen LogP contribution < -0.4 is 0 Å². The number of methoxy groups -OCH3 is 1. The predicted molar refractivity (Wildman–Crippen MR) is 80.8 cm³/mol.